The maximum Gasteiger partial charge on any atom is 0.370 e. The Bertz CT molecular complexity index is 233. The van der Waals surface area contributed by atoms with Gasteiger partial charge in [-0.05, 0) is 11.8 Å². The zero-order chi connectivity index (χ0) is 9.52. The molecule has 0 atom stereocenters. The van der Waals surface area contributed by atoms with Crippen LogP contribution in [0, 0.1) is 0 Å². The van der Waals surface area contributed by atoms with Gasteiger partial charge in [0.2, 0.25) is 0 Å². The van der Waals surface area contributed by atoms with Gasteiger partial charge in [-0.1, -0.05) is 42.1 Å². The summed E-state index contributed by atoms with van der Waals surface area (Å²) in [4.78, 5) is 0. The van der Waals surface area contributed by atoms with Crippen molar-refractivity contribution in [2.75, 3.05) is 6.26 Å². The van der Waals surface area contributed by atoms with Gasteiger partial charge in [0.15, 0.2) is 0 Å². The van der Waals surface area contributed by atoms with Crippen LogP contribution in [0.2, 0.25) is 0 Å². The van der Waals surface area contributed by atoms with Crippen LogP contribution in [-0.4, -0.2) is 11.7 Å². The first kappa shape index (κ1) is 11.0. The van der Waals surface area contributed by atoms with Gasteiger partial charge in [-0.15, -0.1) is 0 Å². The van der Waals surface area contributed by atoms with Crippen LogP contribution in [0.5, 0.6) is 0 Å². The summed E-state index contributed by atoms with van der Waals surface area (Å²) in [5.41, 5.74) is 6.98. The van der Waals surface area contributed by atoms with E-state index in [0.29, 0.717) is 0 Å². The van der Waals surface area contributed by atoms with Gasteiger partial charge in [-0.25, -0.2) is 0 Å². The lowest BCUT2D eigenvalue weighted by Gasteiger charge is -2.05. The summed E-state index contributed by atoms with van der Waals surface area (Å²) in [6, 6.07) is 10.3. The standard InChI is InChI=1S/C8H13BN2S2/c1-12-9(10)13-11-7-8-5-3-2-4-6-8/h2-6,11H,7,10H2,1H3. The van der Waals surface area contributed by atoms with E-state index in [1.165, 1.54) is 5.56 Å². The second-order valence-electron chi connectivity index (χ2n) is 2.53. The third-order valence-electron chi connectivity index (χ3n) is 1.55. The van der Waals surface area contributed by atoms with Crippen LogP contribution >= 0.6 is 23.4 Å². The van der Waals surface area contributed by atoms with Crippen molar-refractivity contribution in [3.05, 3.63) is 35.9 Å². The van der Waals surface area contributed by atoms with E-state index >= 15 is 0 Å². The summed E-state index contributed by atoms with van der Waals surface area (Å²) < 4.78 is 3.22. The number of nitrogens with one attached hydrogen (secondary N) is 1. The normalized spacial score (nSPS) is 10.0. The van der Waals surface area contributed by atoms with E-state index < -0.39 is 0 Å². The topological polar surface area (TPSA) is 38.0 Å². The molecule has 0 aliphatic carbocycles. The van der Waals surface area contributed by atoms with Crippen LogP contribution in [0.3, 0.4) is 0 Å². The summed E-state index contributed by atoms with van der Waals surface area (Å²) in [5, 5.41) is 0.115. The van der Waals surface area contributed by atoms with Crippen molar-refractivity contribution >= 4 is 28.8 Å². The molecule has 0 bridgehead atoms. The molecule has 0 aliphatic rings. The number of hydrogen-bond donors (Lipinski definition) is 2. The van der Waals surface area contributed by atoms with Crippen molar-refractivity contribution in [1.82, 2.24) is 4.72 Å². The minimum absolute atomic E-state index is 0.115. The first-order valence-electron chi connectivity index (χ1n) is 4.03. The highest BCUT2D eigenvalue weighted by molar-refractivity contribution is 8.53. The molecule has 13 heavy (non-hydrogen) atoms. The molecule has 0 saturated carbocycles. The van der Waals surface area contributed by atoms with Crippen molar-refractivity contribution in [1.29, 1.82) is 0 Å². The molecule has 0 amide bonds. The Morgan fingerprint density at radius 2 is 2.08 bits per heavy atom. The highest BCUT2D eigenvalue weighted by Crippen LogP contribution is 2.08. The molecule has 5 heteroatoms. The van der Waals surface area contributed by atoms with Crippen molar-refractivity contribution < 1.29 is 0 Å². The van der Waals surface area contributed by atoms with Gasteiger partial charge in [-0.3, -0.25) is 4.72 Å². The number of rotatable bonds is 5. The zero-order valence-electron chi connectivity index (χ0n) is 7.57. The monoisotopic (exact) mass is 212 g/mol. The van der Waals surface area contributed by atoms with E-state index in [9.17, 15) is 0 Å². The smallest absolute Gasteiger partial charge is 0.350 e. The molecule has 0 radical (unpaired) electrons. The van der Waals surface area contributed by atoms with E-state index in [1.54, 1.807) is 23.4 Å². The van der Waals surface area contributed by atoms with Crippen molar-refractivity contribution in [2.24, 2.45) is 5.64 Å². The molecular formula is C8H13BN2S2. The lowest BCUT2D eigenvalue weighted by atomic mass is 10.2. The van der Waals surface area contributed by atoms with Crippen LogP contribution in [-0.2, 0) is 6.54 Å². The largest absolute Gasteiger partial charge is 0.370 e. The van der Waals surface area contributed by atoms with Gasteiger partial charge in [0.1, 0.15) is 0 Å². The second kappa shape index (κ2) is 6.37. The zero-order valence-corrected chi connectivity index (χ0v) is 9.20. The van der Waals surface area contributed by atoms with E-state index in [4.69, 9.17) is 5.64 Å². The first-order chi connectivity index (χ1) is 6.33. The van der Waals surface area contributed by atoms with Crippen molar-refractivity contribution in [2.45, 2.75) is 6.54 Å². The molecule has 3 N–H and O–H groups in total. The second-order valence-corrected chi connectivity index (χ2v) is 4.84. The molecule has 1 rings (SSSR count). The molecule has 0 aliphatic heterocycles. The summed E-state index contributed by atoms with van der Waals surface area (Å²) in [6.45, 7) is 0.861. The van der Waals surface area contributed by atoms with Crippen LogP contribution in [0.1, 0.15) is 5.56 Å². The fourth-order valence-electron chi connectivity index (χ4n) is 0.851. The minimum atomic E-state index is 0.115. The summed E-state index contributed by atoms with van der Waals surface area (Å²) >= 11 is 3.20. The first-order valence-corrected chi connectivity index (χ1v) is 6.20. The molecule has 0 heterocycles. The molecule has 0 saturated heterocycles. The van der Waals surface area contributed by atoms with Gasteiger partial charge >= 0.3 is 5.40 Å². The predicted molar refractivity (Wildman–Crippen MR) is 64.3 cm³/mol. The number of nitrogens with two attached hydrogens (primary N) is 1. The van der Waals surface area contributed by atoms with Crippen LogP contribution in [0.25, 0.3) is 0 Å². The summed E-state index contributed by atoms with van der Waals surface area (Å²) in [6.07, 6.45) is 2.00. The fourth-order valence-corrected chi connectivity index (χ4v) is 1.85. The Morgan fingerprint density at radius 1 is 1.38 bits per heavy atom. The SMILES string of the molecule is CSB(N)SNCc1ccccc1. The molecule has 0 aromatic heterocycles. The van der Waals surface area contributed by atoms with Gasteiger partial charge in [0.05, 0.1) is 0 Å². The Balaban J connectivity index is 2.20. The fraction of sp³-hybridized carbons (Fsp3) is 0.250. The Hall–Kier alpha value is -0.0951. The van der Waals surface area contributed by atoms with Gasteiger partial charge in [0, 0.05) is 6.54 Å². The maximum atomic E-state index is 5.70. The third kappa shape index (κ3) is 4.62. The van der Waals surface area contributed by atoms with Crippen molar-refractivity contribution in [3.8, 4) is 0 Å². The molecule has 1 aromatic rings. The van der Waals surface area contributed by atoms with E-state index in [0.717, 1.165) is 6.54 Å². The molecule has 0 fully saturated rings. The Morgan fingerprint density at radius 3 is 2.69 bits per heavy atom. The highest BCUT2D eigenvalue weighted by atomic mass is 32.2. The van der Waals surface area contributed by atoms with E-state index in [2.05, 4.69) is 16.9 Å². The van der Waals surface area contributed by atoms with E-state index in [1.807, 2.05) is 24.5 Å². The molecule has 2 nitrogen and oxygen atoms in total. The molecule has 1 aromatic carbocycles. The summed E-state index contributed by atoms with van der Waals surface area (Å²) in [7, 11) is 0. The minimum Gasteiger partial charge on any atom is -0.350 e. The van der Waals surface area contributed by atoms with Gasteiger partial charge < -0.3 is 5.64 Å². The Kier molecular flexibility index (Phi) is 5.38. The maximum absolute atomic E-state index is 5.70. The number of hydrogen-bond acceptors (Lipinski definition) is 4. The molecule has 0 spiro atoms. The average molecular weight is 212 g/mol. The quantitative estimate of drug-likeness (QED) is 0.575. The molecule has 0 unspecified atom stereocenters. The van der Waals surface area contributed by atoms with Crippen LogP contribution in [0.15, 0.2) is 30.3 Å². The van der Waals surface area contributed by atoms with E-state index in [-0.39, 0.29) is 5.40 Å². The molecule has 70 valence electrons. The number of benzene rings is 1. The highest BCUT2D eigenvalue weighted by Gasteiger charge is 2.05. The molecular weight excluding hydrogens is 199 g/mol. The van der Waals surface area contributed by atoms with Gasteiger partial charge in [0.25, 0.3) is 0 Å². The third-order valence-corrected chi connectivity index (χ3v) is 3.42. The predicted octanol–water partition coefficient (Wildman–Crippen LogP) is 1.73. The lowest BCUT2D eigenvalue weighted by Crippen LogP contribution is -2.22. The average Bonchev–Trinajstić information content (AvgIpc) is 2.19. The summed E-state index contributed by atoms with van der Waals surface area (Å²) in [5.74, 6) is 0. The van der Waals surface area contributed by atoms with Crippen molar-refractivity contribution in [3.63, 3.8) is 0 Å². The van der Waals surface area contributed by atoms with Crippen LogP contribution in [0.4, 0.5) is 0 Å². The van der Waals surface area contributed by atoms with Gasteiger partial charge in [-0.2, -0.15) is 11.6 Å². The Labute approximate surface area is 88.1 Å². The van der Waals surface area contributed by atoms with Crippen LogP contribution < -0.4 is 10.4 Å². The lowest BCUT2D eigenvalue weighted by molar-refractivity contribution is 0.983.